The molecular formula is C33H20N4S. The van der Waals surface area contributed by atoms with Gasteiger partial charge in [0, 0.05) is 37.4 Å². The highest BCUT2D eigenvalue weighted by atomic mass is 32.1. The maximum absolute atomic E-state index is 5.23. The Balaban J connectivity index is 1.48. The first-order chi connectivity index (χ1) is 18.8. The minimum atomic E-state index is 0.615. The van der Waals surface area contributed by atoms with Gasteiger partial charge in [-0.3, -0.25) is 4.57 Å². The van der Waals surface area contributed by atoms with E-state index in [1.807, 2.05) is 36.4 Å². The minimum absolute atomic E-state index is 0.615. The van der Waals surface area contributed by atoms with Crippen LogP contribution in [0.1, 0.15) is 0 Å². The fraction of sp³-hybridized carbons (Fsp3) is 0. The van der Waals surface area contributed by atoms with Gasteiger partial charge in [0.1, 0.15) is 10.5 Å². The zero-order chi connectivity index (χ0) is 25.1. The Kier molecular flexibility index (Phi) is 4.66. The lowest BCUT2D eigenvalue weighted by Crippen LogP contribution is -2.04. The van der Waals surface area contributed by atoms with Gasteiger partial charge in [0.25, 0.3) is 0 Å². The number of hydrogen-bond donors (Lipinski definition) is 0. The quantitative estimate of drug-likeness (QED) is 0.242. The molecule has 0 aliphatic heterocycles. The van der Waals surface area contributed by atoms with Crippen LogP contribution in [0.5, 0.6) is 0 Å². The maximum Gasteiger partial charge on any atom is 0.237 e. The molecule has 0 N–H and O–H groups in total. The van der Waals surface area contributed by atoms with Gasteiger partial charge in [-0.1, -0.05) is 97.1 Å². The molecule has 0 amide bonds. The molecule has 4 aromatic carbocycles. The van der Waals surface area contributed by atoms with Gasteiger partial charge in [0.15, 0.2) is 0 Å². The lowest BCUT2D eigenvalue weighted by atomic mass is 10.1. The van der Waals surface area contributed by atoms with Gasteiger partial charge in [-0.2, -0.15) is 0 Å². The molecular weight excluding hydrogens is 484 g/mol. The van der Waals surface area contributed by atoms with Crippen molar-refractivity contribution in [1.29, 1.82) is 0 Å². The van der Waals surface area contributed by atoms with Crippen molar-refractivity contribution in [1.82, 2.24) is 19.5 Å². The molecule has 5 heteroatoms. The number of hydrogen-bond acceptors (Lipinski definition) is 4. The van der Waals surface area contributed by atoms with Crippen molar-refractivity contribution in [2.45, 2.75) is 0 Å². The predicted octanol–water partition coefficient (Wildman–Crippen LogP) is 8.67. The normalized spacial score (nSPS) is 11.7. The van der Waals surface area contributed by atoms with Crippen molar-refractivity contribution in [2.75, 3.05) is 0 Å². The summed E-state index contributed by atoms with van der Waals surface area (Å²) in [6.07, 6.45) is 0. The number of pyridine rings is 1. The molecule has 8 aromatic rings. The van der Waals surface area contributed by atoms with Crippen LogP contribution < -0.4 is 0 Å². The third kappa shape index (κ3) is 3.26. The number of para-hydroxylation sites is 1. The van der Waals surface area contributed by atoms with E-state index in [1.54, 1.807) is 11.3 Å². The molecule has 0 atom stereocenters. The minimum Gasteiger partial charge on any atom is -0.262 e. The number of nitrogens with zero attached hydrogens (tertiary/aromatic N) is 4. The molecule has 0 unspecified atom stereocenters. The standard InChI is InChI=1S/C33H20N4S/c1-3-11-21(12-4-1)27-20-28(22-13-5-2-6-14-22)35-33(34-27)37-29-17-9-7-15-23(29)25-19-26-24-16-8-10-18-30(24)38-32(26)36-31(25)37/h1-20H. The van der Waals surface area contributed by atoms with Crippen molar-refractivity contribution in [3.05, 3.63) is 121 Å². The molecule has 4 aromatic heterocycles. The number of aromatic nitrogens is 4. The number of rotatable bonds is 3. The first kappa shape index (κ1) is 21.2. The summed E-state index contributed by atoms with van der Waals surface area (Å²) >= 11 is 1.73. The summed E-state index contributed by atoms with van der Waals surface area (Å²) in [5, 5.41) is 4.67. The second-order valence-corrected chi connectivity index (χ2v) is 10.4. The molecule has 0 bridgehead atoms. The Morgan fingerprint density at radius 1 is 0.500 bits per heavy atom. The average molecular weight is 505 g/mol. The summed E-state index contributed by atoms with van der Waals surface area (Å²) in [6.45, 7) is 0. The van der Waals surface area contributed by atoms with Gasteiger partial charge < -0.3 is 0 Å². The molecule has 8 rings (SSSR count). The lowest BCUT2D eigenvalue weighted by molar-refractivity contribution is 0.985. The summed E-state index contributed by atoms with van der Waals surface area (Å²) < 4.78 is 3.36. The molecule has 178 valence electrons. The Morgan fingerprint density at radius 3 is 1.82 bits per heavy atom. The van der Waals surface area contributed by atoms with E-state index in [0.717, 1.165) is 49.3 Å². The first-order valence-corrected chi connectivity index (χ1v) is 13.4. The fourth-order valence-electron chi connectivity index (χ4n) is 5.27. The Hall–Kier alpha value is -4.87. The van der Waals surface area contributed by atoms with Gasteiger partial charge in [-0.25, -0.2) is 15.0 Å². The van der Waals surface area contributed by atoms with E-state index in [1.165, 1.54) is 15.5 Å². The van der Waals surface area contributed by atoms with E-state index < -0.39 is 0 Å². The van der Waals surface area contributed by atoms with Crippen LogP contribution in [-0.2, 0) is 0 Å². The van der Waals surface area contributed by atoms with E-state index in [0.29, 0.717) is 5.95 Å². The van der Waals surface area contributed by atoms with Crippen molar-refractivity contribution in [3.8, 4) is 28.5 Å². The van der Waals surface area contributed by atoms with Gasteiger partial charge in [0.2, 0.25) is 5.95 Å². The summed E-state index contributed by atoms with van der Waals surface area (Å²) in [4.78, 5) is 16.5. The van der Waals surface area contributed by atoms with Crippen LogP contribution in [0.25, 0.3) is 70.7 Å². The smallest absolute Gasteiger partial charge is 0.237 e. The lowest BCUT2D eigenvalue weighted by Gasteiger charge is -2.11. The Bertz CT molecular complexity index is 2070. The number of thiophene rings is 1. The molecule has 4 nitrogen and oxygen atoms in total. The SMILES string of the molecule is c1ccc(-c2cc(-c3ccccc3)nc(-n3c4ccccc4c4cc5c(nc43)sc3ccccc35)n2)cc1. The second kappa shape index (κ2) is 8.33. The highest BCUT2D eigenvalue weighted by molar-refractivity contribution is 7.25. The van der Waals surface area contributed by atoms with Gasteiger partial charge in [-0.15, -0.1) is 11.3 Å². The van der Waals surface area contributed by atoms with Gasteiger partial charge in [-0.05, 0) is 24.3 Å². The van der Waals surface area contributed by atoms with Crippen LogP contribution in [0.15, 0.2) is 121 Å². The molecule has 4 heterocycles. The predicted molar refractivity (Wildman–Crippen MR) is 158 cm³/mol. The first-order valence-electron chi connectivity index (χ1n) is 12.6. The van der Waals surface area contributed by atoms with Crippen LogP contribution in [0.3, 0.4) is 0 Å². The summed E-state index contributed by atoms with van der Waals surface area (Å²) in [5.41, 5.74) is 5.77. The highest BCUT2D eigenvalue weighted by Gasteiger charge is 2.19. The van der Waals surface area contributed by atoms with Crippen LogP contribution >= 0.6 is 11.3 Å². The molecule has 0 saturated carbocycles. The van der Waals surface area contributed by atoms with Crippen LogP contribution in [-0.4, -0.2) is 19.5 Å². The zero-order valence-corrected chi connectivity index (χ0v) is 21.1. The van der Waals surface area contributed by atoms with E-state index in [2.05, 4.69) is 89.5 Å². The number of benzene rings is 4. The summed E-state index contributed by atoms with van der Waals surface area (Å²) in [6, 6.07) is 41.9. The van der Waals surface area contributed by atoms with Crippen molar-refractivity contribution in [2.24, 2.45) is 0 Å². The topological polar surface area (TPSA) is 43.6 Å². The number of fused-ring (bicyclic) bond motifs is 6. The van der Waals surface area contributed by atoms with E-state index in [9.17, 15) is 0 Å². The Labute approximate surface area is 222 Å². The third-order valence-corrected chi connectivity index (χ3v) is 8.13. The Morgan fingerprint density at radius 2 is 1.11 bits per heavy atom. The highest BCUT2D eigenvalue weighted by Crippen LogP contribution is 2.38. The van der Waals surface area contributed by atoms with Crippen molar-refractivity contribution >= 4 is 53.6 Å². The molecule has 0 aliphatic carbocycles. The molecule has 0 spiro atoms. The zero-order valence-electron chi connectivity index (χ0n) is 20.2. The average Bonchev–Trinajstić information content (AvgIpc) is 3.51. The van der Waals surface area contributed by atoms with Crippen LogP contribution in [0.4, 0.5) is 0 Å². The molecule has 38 heavy (non-hydrogen) atoms. The van der Waals surface area contributed by atoms with Gasteiger partial charge in [0.05, 0.1) is 16.9 Å². The van der Waals surface area contributed by atoms with E-state index >= 15 is 0 Å². The molecule has 0 saturated heterocycles. The molecule has 0 radical (unpaired) electrons. The molecule has 0 fully saturated rings. The van der Waals surface area contributed by atoms with Crippen LogP contribution in [0, 0.1) is 0 Å². The van der Waals surface area contributed by atoms with Crippen LogP contribution in [0.2, 0.25) is 0 Å². The second-order valence-electron chi connectivity index (χ2n) is 9.33. The van der Waals surface area contributed by atoms with Crippen molar-refractivity contribution in [3.63, 3.8) is 0 Å². The van der Waals surface area contributed by atoms with Gasteiger partial charge >= 0.3 is 0 Å². The molecule has 0 aliphatic rings. The van der Waals surface area contributed by atoms with E-state index in [-0.39, 0.29) is 0 Å². The monoisotopic (exact) mass is 504 g/mol. The summed E-state index contributed by atoms with van der Waals surface area (Å²) in [5.74, 6) is 0.615. The van der Waals surface area contributed by atoms with E-state index in [4.69, 9.17) is 15.0 Å². The largest absolute Gasteiger partial charge is 0.262 e. The summed E-state index contributed by atoms with van der Waals surface area (Å²) in [7, 11) is 0. The van der Waals surface area contributed by atoms with Crippen molar-refractivity contribution < 1.29 is 0 Å². The fourth-order valence-corrected chi connectivity index (χ4v) is 6.32. The maximum atomic E-state index is 5.23. The third-order valence-electron chi connectivity index (χ3n) is 7.05.